The first kappa shape index (κ1) is 18.8. The van der Waals surface area contributed by atoms with Gasteiger partial charge in [0.05, 0.1) is 7.11 Å². The molecule has 3 aromatic rings. The summed E-state index contributed by atoms with van der Waals surface area (Å²) in [7, 11) is 3.69. The summed E-state index contributed by atoms with van der Waals surface area (Å²) in [6.45, 7) is 1.07. The molecule has 0 spiro atoms. The number of nitrogens with one attached hydrogen (secondary N) is 1. The average Bonchev–Trinajstić information content (AvgIpc) is 3.39. The molecule has 1 atom stereocenters. The molecule has 0 radical (unpaired) electrons. The molecule has 0 aliphatic carbocycles. The average molecular weight is 404 g/mol. The van der Waals surface area contributed by atoms with E-state index in [0.29, 0.717) is 17.9 Å². The fraction of sp³-hybridized carbons (Fsp3) is 0.292. The second-order valence-corrected chi connectivity index (χ2v) is 7.76. The van der Waals surface area contributed by atoms with E-state index in [-0.39, 0.29) is 18.6 Å². The zero-order valence-corrected chi connectivity index (χ0v) is 17.1. The number of carbonyl (C=O) groups is 1. The van der Waals surface area contributed by atoms with Gasteiger partial charge < -0.3 is 19.2 Å². The van der Waals surface area contributed by atoms with Gasteiger partial charge in [-0.25, -0.2) is 0 Å². The van der Waals surface area contributed by atoms with Gasteiger partial charge in [0, 0.05) is 41.7 Å². The van der Waals surface area contributed by atoms with Crippen molar-refractivity contribution in [1.29, 1.82) is 0 Å². The third-order valence-electron chi connectivity index (χ3n) is 6.01. The largest absolute Gasteiger partial charge is 0.492 e. The maximum atomic E-state index is 12.9. The highest BCUT2D eigenvalue weighted by molar-refractivity contribution is 5.97. The first-order chi connectivity index (χ1) is 14.7. The highest BCUT2D eigenvalue weighted by atomic mass is 16.7. The Morgan fingerprint density at radius 2 is 2.20 bits per heavy atom. The summed E-state index contributed by atoms with van der Waals surface area (Å²) in [5.41, 5.74) is 4.26. The molecule has 0 bridgehead atoms. The summed E-state index contributed by atoms with van der Waals surface area (Å²) in [5, 5.41) is 1.11. The third-order valence-corrected chi connectivity index (χ3v) is 6.01. The predicted molar refractivity (Wildman–Crippen MR) is 115 cm³/mol. The van der Waals surface area contributed by atoms with Crippen molar-refractivity contribution in [1.82, 2.24) is 9.88 Å². The lowest BCUT2D eigenvalue weighted by Crippen LogP contribution is -2.33. The fourth-order valence-corrected chi connectivity index (χ4v) is 4.46. The SMILES string of the molecule is COc1c2c(cc3c1[C@H](CC(=O)/C=C/c1c[nH]c4ccccc14)N(C)CC3)OCO2. The molecule has 3 heterocycles. The summed E-state index contributed by atoms with van der Waals surface area (Å²) in [6, 6.07) is 10.0. The number of para-hydroxylation sites is 1. The molecule has 0 amide bonds. The molecule has 30 heavy (non-hydrogen) atoms. The number of carbonyl (C=O) groups excluding carboxylic acids is 1. The highest BCUT2D eigenvalue weighted by Gasteiger charge is 2.34. The molecule has 6 nitrogen and oxygen atoms in total. The van der Waals surface area contributed by atoms with Crippen LogP contribution in [0.2, 0.25) is 0 Å². The van der Waals surface area contributed by atoms with E-state index in [1.165, 1.54) is 0 Å². The number of likely N-dealkylation sites (N-methyl/N-ethyl adjacent to an activating group) is 1. The molecule has 0 unspecified atom stereocenters. The molecule has 154 valence electrons. The Morgan fingerprint density at radius 1 is 1.33 bits per heavy atom. The highest BCUT2D eigenvalue weighted by Crippen LogP contribution is 2.50. The minimum Gasteiger partial charge on any atom is -0.492 e. The summed E-state index contributed by atoms with van der Waals surface area (Å²) >= 11 is 0. The number of benzene rings is 2. The first-order valence-electron chi connectivity index (χ1n) is 10.1. The molecular formula is C24H24N2O4. The van der Waals surface area contributed by atoms with Crippen LogP contribution in [0.3, 0.4) is 0 Å². The van der Waals surface area contributed by atoms with E-state index in [2.05, 4.69) is 16.0 Å². The number of H-pyrrole nitrogens is 1. The van der Waals surface area contributed by atoms with E-state index in [1.54, 1.807) is 13.2 Å². The Labute approximate surface area is 175 Å². The van der Waals surface area contributed by atoms with Gasteiger partial charge in [0.2, 0.25) is 12.5 Å². The second kappa shape index (κ2) is 7.54. The quantitative estimate of drug-likeness (QED) is 0.649. The standard InChI is InChI=1S/C24H24N2O4/c1-26-10-9-15-11-21-23(30-14-29-21)24(28-2)22(15)20(26)12-17(27)8-7-16-13-25-19-6-4-3-5-18(16)19/h3-8,11,13,20,25H,9-10,12,14H2,1-2H3/b8-7+/t20-/m0/s1. The van der Waals surface area contributed by atoms with Gasteiger partial charge in [-0.3, -0.25) is 9.69 Å². The van der Waals surface area contributed by atoms with Gasteiger partial charge >= 0.3 is 0 Å². The molecule has 2 aromatic carbocycles. The van der Waals surface area contributed by atoms with Gasteiger partial charge in [-0.2, -0.15) is 0 Å². The topological polar surface area (TPSA) is 63.8 Å². The van der Waals surface area contributed by atoms with Crippen LogP contribution in [0.15, 0.2) is 42.6 Å². The molecular weight excluding hydrogens is 380 g/mol. The monoisotopic (exact) mass is 404 g/mol. The van der Waals surface area contributed by atoms with Crippen LogP contribution in [-0.4, -0.2) is 43.2 Å². The second-order valence-electron chi connectivity index (χ2n) is 7.76. The van der Waals surface area contributed by atoms with Crippen LogP contribution in [0, 0.1) is 0 Å². The molecule has 1 aromatic heterocycles. The number of allylic oxidation sites excluding steroid dienone is 1. The lowest BCUT2D eigenvalue weighted by Gasteiger charge is -2.35. The zero-order chi connectivity index (χ0) is 20.7. The van der Waals surface area contributed by atoms with Crippen molar-refractivity contribution < 1.29 is 19.0 Å². The number of fused-ring (bicyclic) bond motifs is 3. The smallest absolute Gasteiger partial charge is 0.231 e. The van der Waals surface area contributed by atoms with Crippen LogP contribution in [0.4, 0.5) is 0 Å². The van der Waals surface area contributed by atoms with Crippen molar-refractivity contribution in [3.05, 3.63) is 59.3 Å². The third kappa shape index (κ3) is 3.13. The maximum absolute atomic E-state index is 12.9. The molecule has 0 saturated heterocycles. The van der Waals surface area contributed by atoms with Crippen molar-refractivity contribution in [3.63, 3.8) is 0 Å². The molecule has 6 heteroatoms. The Balaban J connectivity index is 1.43. The summed E-state index contributed by atoms with van der Waals surface area (Å²) in [5.74, 6) is 2.12. The number of hydrogen-bond acceptors (Lipinski definition) is 5. The van der Waals surface area contributed by atoms with Crippen molar-refractivity contribution in [2.24, 2.45) is 0 Å². The number of aromatic nitrogens is 1. The fourth-order valence-electron chi connectivity index (χ4n) is 4.46. The zero-order valence-electron chi connectivity index (χ0n) is 17.1. The number of ether oxygens (including phenoxy) is 3. The summed E-state index contributed by atoms with van der Waals surface area (Å²) in [4.78, 5) is 18.4. The van der Waals surface area contributed by atoms with Gasteiger partial charge in [-0.15, -0.1) is 0 Å². The van der Waals surface area contributed by atoms with E-state index < -0.39 is 0 Å². The molecule has 0 fully saturated rings. The van der Waals surface area contributed by atoms with Crippen molar-refractivity contribution in [2.75, 3.05) is 27.5 Å². The minimum atomic E-state index is -0.0710. The molecule has 5 rings (SSSR count). The van der Waals surface area contributed by atoms with Crippen LogP contribution in [0.5, 0.6) is 17.2 Å². The number of methoxy groups -OCH3 is 1. The van der Waals surface area contributed by atoms with Crippen LogP contribution < -0.4 is 14.2 Å². The Kier molecular flexibility index (Phi) is 4.71. The normalized spacial score (nSPS) is 18.1. The number of nitrogens with zero attached hydrogens (tertiary/aromatic N) is 1. The minimum absolute atomic E-state index is 0.0710. The van der Waals surface area contributed by atoms with Crippen LogP contribution in [0.1, 0.15) is 29.2 Å². The lowest BCUT2D eigenvalue weighted by atomic mass is 9.88. The Hall–Kier alpha value is -3.25. The van der Waals surface area contributed by atoms with Gasteiger partial charge in [-0.05, 0) is 48.9 Å². The Bertz CT molecular complexity index is 1150. The van der Waals surface area contributed by atoms with E-state index in [4.69, 9.17) is 14.2 Å². The number of aromatic amines is 1. The van der Waals surface area contributed by atoms with E-state index >= 15 is 0 Å². The van der Waals surface area contributed by atoms with E-state index in [9.17, 15) is 4.79 Å². The lowest BCUT2D eigenvalue weighted by molar-refractivity contribution is -0.115. The van der Waals surface area contributed by atoms with Crippen LogP contribution in [0.25, 0.3) is 17.0 Å². The van der Waals surface area contributed by atoms with Crippen molar-refractivity contribution in [2.45, 2.75) is 18.9 Å². The first-order valence-corrected chi connectivity index (χ1v) is 10.1. The summed E-state index contributed by atoms with van der Waals surface area (Å²) in [6.07, 6.45) is 6.76. The summed E-state index contributed by atoms with van der Waals surface area (Å²) < 4.78 is 16.9. The molecule has 1 N–H and O–H groups in total. The molecule has 2 aliphatic heterocycles. The molecule has 2 aliphatic rings. The number of hydrogen-bond donors (Lipinski definition) is 1. The van der Waals surface area contributed by atoms with Gasteiger partial charge in [-0.1, -0.05) is 18.2 Å². The van der Waals surface area contributed by atoms with Crippen molar-refractivity contribution in [3.8, 4) is 17.2 Å². The van der Waals surface area contributed by atoms with Crippen molar-refractivity contribution >= 4 is 22.8 Å². The van der Waals surface area contributed by atoms with Gasteiger partial charge in [0.1, 0.15) is 0 Å². The van der Waals surface area contributed by atoms with Gasteiger partial charge in [0.25, 0.3) is 0 Å². The predicted octanol–water partition coefficient (Wildman–Crippen LogP) is 4.11. The van der Waals surface area contributed by atoms with E-state index in [1.807, 2.05) is 43.6 Å². The number of rotatable bonds is 5. The molecule has 0 saturated carbocycles. The van der Waals surface area contributed by atoms with Crippen LogP contribution >= 0.6 is 0 Å². The Morgan fingerprint density at radius 3 is 3.07 bits per heavy atom. The number of ketones is 1. The van der Waals surface area contributed by atoms with Gasteiger partial charge in [0.15, 0.2) is 17.3 Å². The maximum Gasteiger partial charge on any atom is 0.231 e. The van der Waals surface area contributed by atoms with E-state index in [0.717, 1.165) is 46.3 Å². The van der Waals surface area contributed by atoms with Crippen LogP contribution in [-0.2, 0) is 11.2 Å².